The summed E-state index contributed by atoms with van der Waals surface area (Å²) in [4.78, 5) is 0.379. The number of fused-ring (bicyclic) bond motifs is 1. The minimum absolute atomic E-state index is 0.310. The van der Waals surface area contributed by atoms with Gasteiger partial charge in [-0.2, -0.15) is 5.10 Å². The minimum Gasteiger partial charge on any atom is -0.376 e. The van der Waals surface area contributed by atoms with Crippen molar-refractivity contribution in [1.29, 1.82) is 0 Å². The topological polar surface area (TPSA) is 73.2 Å². The molecular weight excluding hydrogens is 326 g/mol. The molecule has 24 heavy (non-hydrogen) atoms. The summed E-state index contributed by atoms with van der Waals surface area (Å²) in [5.41, 5.74) is 4.84. The number of sulfonamides is 1. The smallest absolute Gasteiger partial charge is 0.241 e. The molecule has 1 aromatic carbocycles. The fourth-order valence-corrected chi connectivity index (χ4v) is 4.82. The van der Waals surface area contributed by atoms with Gasteiger partial charge in [0.25, 0.3) is 0 Å². The first-order chi connectivity index (χ1) is 11.4. The molecule has 0 aliphatic carbocycles. The second-order valence-corrected chi connectivity index (χ2v) is 7.97. The minimum atomic E-state index is -3.53. The molecular formula is C17H23N3O3S. The largest absolute Gasteiger partial charge is 0.376 e. The van der Waals surface area contributed by atoms with Crippen LogP contribution in [0.15, 0.2) is 23.2 Å². The second kappa shape index (κ2) is 6.66. The van der Waals surface area contributed by atoms with E-state index >= 15 is 0 Å². The lowest BCUT2D eigenvalue weighted by atomic mass is 10.1. The lowest BCUT2D eigenvalue weighted by Gasteiger charge is -2.16. The predicted octanol–water partition coefficient (Wildman–Crippen LogP) is 1.86. The third-order valence-corrected chi connectivity index (χ3v) is 6.03. The average molecular weight is 349 g/mol. The van der Waals surface area contributed by atoms with Crippen molar-refractivity contribution < 1.29 is 13.2 Å². The van der Waals surface area contributed by atoms with Crippen LogP contribution in [0.3, 0.4) is 0 Å². The van der Waals surface area contributed by atoms with E-state index in [0.717, 1.165) is 34.4 Å². The van der Waals surface area contributed by atoms with Gasteiger partial charge in [-0.3, -0.25) is 4.68 Å². The van der Waals surface area contributed by atoms with E-state index in [2.05, 4.69) is 9.82 Å². The van der Waals surface area contributed by atoms with E-state index in [4.69, 9.17) is 4.74 Å². The Hall–Kier alpha value is -1.70. The zero-order valence-corrected chi connectivity index (χ0v) is 15.1. The summed E-state index contributed by atoms with van der Waals surface area (Å²) in [5.74, 6) is 0. The number of nitrogens with one attached hydrogen (secondary N) is 1. The van der Waals surface area contributed by atoms with Crippen molar-refractivity contribution in [2.75, 3.05) is 13.2 Å². The number of hydrogen-bond donors (Lipinski definition) is 1. The molecule has 0 radical (unpaired) electrons. The molecule has 130 valence electrons. The van der Waals surface area contributed by atoms with Gasteiger partial charge in [-0.05, 0) is 31.9 Å². The van der Waals surface area contributed by atoms with Gasteiger partial charge in [0.15, 0.2) is 0 Å². The molecule has 2 heterocycles. The molecule has 0 atom stereocenters. The monoisotopic (exact) mass is 349 g/mol. The van der Waals surface area contributed by atoms with E-state index in [1.165, 1.54) is 0 Å². The van der Waals surface area contributed by atoms with Gasteiger partial charge >= 0.3 is 0 Å². The SMILES string of the molecule is Cc1cc(C)c(S(=O)(=O)NCCn2ncc3c2CCOC3)c(C)c1. The fourth-order valence-electron chi connectivity index (χ4n) is 3.35. The lowest BCUT2D eigenvalue weighted by molar-refractivity contribution is 0.109. The van der Waals surface area contributed by atoms with Crippen LogP contribution in [0.1, 0.15) is 27.9 Å². The highest BCUT2D eigenvalue weighted by Crippen LogP contribution is 2.21. The van der Waals surface area contributed by atoms with Crippen LogP contribution in [-0.2, 0) is 34.3 Å². The molecule has 2 aromatic rings. The zero-order chi connectivity index (χ0) is 17.3. The molecule has 1 aliphatic heterocycles. The van der Waals surface area contributed by atoms with Crippen LogP contribution in [0.25, 0.3) is 0 Å². The highest BCUT2D eigenvalue weighted by Gasteiger charge is 2.20. The van der Waals surface area contributed by atoms with E-state index in [9.17, 15) is 8.42 Å². The van der Waals surface area contributed by atoms with Gasteiger partial charge in [-0.25, -0.2) is 13.1 Å². The Bertz CT molecular complexity index is 833. The number of rotatable bonds is 5. The van der Waals surface area contributed by atoms with E-state index in [1.807, 2.05) is 37.6 Å². The Morgan fingerprint density at radius 1 is 1.25 bits per heavy atom. The summed E-state index contributed by atoms with van der Waals surface area (Å²) in [7, 11) is -3.53. The number of ether oxygens (including phenoxy) is 1. The molecule has 0 bridgehead atoms. The number of benzene rings is 1. The molecule has 0 saturated heterocycles. The van der Waals surface area contributed by atoms with Gasteiger partial charge in [-0.1, -0.05) is 17.7 Å². The summed E-state index contributed by atoms with van der Waals surface area (Å²) in [6.07, 6.45) is 2.62. The van der Waals surface area contributed by atoms with Crippen LogP contribution >= 0.6 is 0 Å². The first-order valence-corrected chi connectivity index (χ1v) is 9.55. The molecule has 0 fully saturated rings. The number of aryl methyl sites for hydroxylation is 3. The van der Waals surface area contributed by atoms with Crippen molar-refractivity contribution in [2.45, 2.75) is 45.2 Å². The number of hydrogen-bond acceptors (Lipinski definition) is 4. The maximum Gasteiger partial charge on any atom is 0.241 e. The Kier molecular flexibility index (Phi) is 4.76. The van der Waals surface area contributed by atoms with Gasteiger partial charge < -0.3 is 4.74 Å². The Morgan fingerprint density at radius 3 is 2.67 bits per heavy atom. The molecule has 1 aromatic heterocycles. The third-order valence-electron chi connectivity index (χ3n) is 4.27. The van der Waals surface area contributed by atoms with Crippen molar-refractivity contribution in [3.05, 3.63) is 46.3 Å². The quantitative estimate of drug-likeness (QED) is 0.894. The fraction of sp³-hybridized carbons (Fsp3) is 0.471. The summed E-state index contributed by atoms with van der Waals surface area (Å²) in [5, 5.41) is 4.34. The van der Waals surface area contributed by atoms with Crippen molar-refractivity contribution in [3.8, 4) is 0 Å². The van der Waals surface area contributed by atoms with E-state index in [-0.39, 0.29) is 0 Å². The highest BCUT2D eigenvalue weighted by atomic mass is 32.2. The molecule has 6 nitrogen and oxygen atoms in total. The molecule has 7 heteroatoms. The van der Waals surface area contributed by atoms with Gasteiger partial charge in [0.05, 0.1) is 30.9 Å². The molecule has 1 aliphatic rings. The van der Waals surface area contributed by atoms with Crippen molar-refractivity contribution in [3.63, 3.8) is 0 Å². The maximum absolute atomic E-state index is 12.6. The van der Waals surface area contributed by atoms with Crippen molar-refractivity contribution in [2.24, 2.45) is 0 Å². The van der Waals surface area contributed by atoms with Crippen LogP contribution in [0.4, 0.5) is 0 Å². The van der Waals surface area contributed by atoms with E-state index in [1.54, 1.807) is 6.20 Å². The Morgan fingerprint density at radius 2 is 1.96 bits per heavy atom. The predicted molar refractivity (Wildman–Crippen MR) is 91.4 cm³/mol. The third kappa shape index (κ3) is 3.38. The summed E-state index contributed by atoms with van der Waals surface area (Å²) >= 11 is 0. The second-order valence-electron chi connectivity index (χ2n) is 6.27. The maximum atomic E-state index is 12.6. The van der Waals surface area contributed by atoms with E-state index < -0.39 is 10.0 Å². The van der Waals surface area contributed by atoms with Gasteiger partial charge in [0.2, 0.25) is 10.0 Å². The highest BCUT2D eigenvalue weighted by molar-refractivity contribution is 7.89. The van der Waals surface area contributed by atoms with Crippen LogP contribution < -0.4 is 4.72 Å². The lowest BCUT2D eigenvalue weighted by Crippen LogP contribution is -2.29. The van der Waals surface area contributed by atoms with E-state index in [0.29, 0.717) is 31.2 Å². The first kappa shape index (κ1) is 17.1. The first-order valence-electron chi connectivity index (χ1n) is 8.07. The van der Waals surface area contributed by atoms with Crippen molar-refractivity contribution in [1.82, 2.24) is 14.5 Å². The van der Waals surface area contributed by atoms with Crippen LogP contribution in [0, 0.1) is 20.8 Å². The molecule has 0 spiro atoms. The summed E-state index contributed by atoms with van der Waals surface area (Å²) < 4.78 is 35.3. The summed E-state index contributed by atoms with van der Waals surface area (Å²) in [6.45, 7) is 7.73. The normalized spacial score (nSPS) is 14.6. The standard InChI is InChI=1S/C17H23N3O3S/c1-12-8-13(2)17(14(3)9-12)24(21,22)19-5-6-20-16-4-7-23-11-15(16)10-18-20/h8-10,19H,4-7,11H2,1-3H3. The Labute approximate surface area is 142 Å². The van der Waals surface area contributed by atoms with Crippen molar-refractivity contribution >= 4 is 10.0 Å². The van der Waals surface area contributed by atoms with Crippen LogP contribution in [0.5, 0.6) is 0 Å². The number of aromatic nitrogens is 2. The van der Waals surface area contributed by atoms with Gasteiger partial charge in [0, 0.05) is 24.2 Å². The zero-order valence-electron chi connectivity index (χ0n) is 14.3. The molecule has 3 rings (SSSR count). The Balaban J connectivity index is 1.71. The molecule has 0 saturated carbocycles. The number of nitrogens with zero attached hydrogens (tertiary/aromatic N) is 2. The average Bonchev–Trinajstić information content (AvgIpc) is 2.89. The van der Waals surface area contributed by atoms with Crippen LogP contribution in [-0.4, -0.2) is 31.3 Å². The van der Waals surface area contributed by atoms with Gasteiger partial charge in [-0.15, -0.1) is 0 Å². The van der Waals surface area contributed by atoms with Gasteiger partial charge in [0.1, 0.15) is 0 Å². The molecule has 0 amide bonds. The molecule has 0 unspecified atom stereocenters. The summed E-state index contributed by atoms with van der Waals surface area (Å²) in [6, 6.07) is 3.79. The van der Waals surface area contributed by atoms with Crippen LogP contribution in [0.2, 0.25) is 0 Å². The molecule has 1 N–H and O–H groups in total.